The fourth-order valence-corrected chi connectivity index (χ4v) is 1.72. The van der Waals surface area contributed by atoms with E-state index in [9.17, 15) is 0 Å². The molecular weight excluding hydrogens is 164 g/mol. The first-order chi connectivity index (χ1) is 6.36. The van der Waals surface area contributed by atoms with Gasteiger partial charge < -0.3 is 15.4 Å². The van der Waals surface area contributed by atoms with Gasteiger partial charge in [-0.3, -0.25) is 0 Å². The fourth-order valence-electron chi connectivity index (χ4n) is 1.72. The fraction of sp³-hybridized carbons (Fsp3) is 1.00. The van der Waals surface area contributed by atoms with Gasteiger partial charge in [-0.05, 0) is 18.9 Å². The standard InChI is InChI=1S/C10H22N2O/c1-2-10(8-11)9-12-4-3-6-13-7-5-12/h10H,2-9,11H2,1H3. The van der Waals surface area contributed by atoms with E-state index < -0.39 is 0 Å². The second-order valence-corrected chi connectivity index (χ2v) is 3.78. The summed E-state index contributed by atoms with van der Waals surface area (Å²) in [6.07, 6.45) is 2.36. The zero-order valence-corrected chi connectivity index (χ0v) is 8.67. The van der Waals surface area contributed by atoms with Crippen LogP contribution in [0.25, 0.3) is 0 Å². The molecule has 0 radical (unpaired) electrons. The largest absolute Gasteiger partial charge is 0.380 e. The highest BCUT2D eigenvalue weighted by molar-refractivity contribution is 4.67. The molecule has 1 fully saturated rings. The molecule has 0 aromatic carbocycles. The van der Waals surface area contributed by atoms with E-state index in [4.69, 9.17) is 10.5 Å². The maximum Gasteiger partial charge on any atom is 0.0593 e. The molecule has 0 aromatic rings. The van der Waals surface area contributed by atoms with Gasteiger partial charge >= 0.3 is 0 Å². The van der Waals surface area contributed by atoms with Crippen molar-refractivity contribution in [3.63, 3.8) is 0 Å². The zero-order valence-electron chi connectivity index (χ0n) is 8.67. The van der Waals surface area contributed by atoms with E-state index in [1.807, 2.05) is 0 Å². The molecule has 0 aromatic heterocycles. The molecule has 1 saturated heterocycles. The van der Waals surface area contributed by atoms with Crippen LogP contribution in [0.2, 0.25) is 0 Å². The third-order valence-electron chi connectivity index (χ3n) is 2.74. The van der Waals surface area contributed by atoms with E-state index in [-0.39, 0.29) is 0 Å². The average Bonchev–Trinajstić information content (AvgIpc) is 2.42. The van der Waals surface area contributed by atoms with Crippen LogP contribution in [0.1, 0.15) is 19.8 Å². The zero-order chi connectivity index (χ0) is 9.52. The summed E-state index contributed by atoms with van der Waals surface area (Å²) in [7, 11) is 0. The maximum absolute atomic E-state index is 5.68. The van der Waals surface area contributed by atoms with Crippen molar-refractivity contribution in [1.29, 1.82) is 0 Å². The minimum absolute atomic E-state index is 0.665. The lowest BCUT2D eigenvalue weighted by molar-refractivity contribution is 0.138. The van der Waals surface area contributed by atoms with E-state index in [1.165, 1.54) is 19.4 Å². The molecule has 3 nitrogen and oxygen atoms in total. The molecule has 0 amide bonds. The molecule has 0 aliphatic carbocycles. The molecule has 1 aliphatic heterocycles. The Kier molecular flexibility index (Phi) is 5.35. The van der Waals surface area contributed by atoms with Crippen LogP contribution in [0, 0.1) is 5.92 Å². The summed E-state index contributed by atoms with van der Waals surface area (Å²) in [5.41, 5.74) is 5.68. The molecular formula is C10H22N2O. The van der Waals surface area contributed by atoms with Gasteiger partial charge in [0.15, 0.2) is 0 Å². The summed E-state index contributed by atoms with van der Waals surface area (Å²) in [5, 5.41) is 0. The Morgan fingerprint density at radius 1 is 1.38 bits per heavy atom. The topological polar surface area (TPSA) is 38.5 Å². The number of ether oxygens (including phenoxy) is 1. The molecule has 13 heavy (non-hydrogen) atoms. The third-order valence-corrected chi connectivity index (χ3v) is 2.74. The van der Waals surface area contributed by atoms with E-state index in [0.29, 0.717) is 5.92 Å². The first kappa shape index (κ1) is 11.0. The first-order valence-corrected chi connectivity index (χ1v) is 5.37. The molecule has 2 N–H and O–H groups in total. The predicted octanol–water partition coefficient (Wildman–Crippen LogP) is 0.694. The third kappa shape index (κ3) is 4.07. The van der Waals surface area contributed by atoms with Gasteiger partial charge in [0.1, 0.15) is 0 Å². The van der Waals surface area contributed by atoms with Crippen molar-refractivity contribution in [2.75, 3.05) is 39.4 Å². The van der Waals surface area contributed by atoms with Gasteiger partial charge in [0, 0.05) is 26.2 Å². The molecule has 1 heterocycles. The lowest BCUT2D eigenvalue weighted by atomic mass is 10.1. The van der Waals surface area contributed by atoms with Crippen molar-refractivity contribution in [1.82, 2.24) is 4.90 Å². The van der Waals surface area contributed by atoms with E-state index in [2.05, 4.69) is 11.8 Å². The highest BCUT2D eigenvalue weighted by atomic mass is 16.5. The molecule has 1 aliphatic rings. The van der Waals surface area contributed by atoms with E-state index >= 15 is 0 Å². The SMILES string of the molecule is CCC(CN)CN1CCCOCC1. The summed E-state index contributed by atoms with van der Waals surface area (Å²) in [6.45, 7) is 8.25. The van der Waals surface area contributed by atoms with Gasteiger partial charge in [-0.15, -0.1) is 0 Å². The Balaban J connectivity index is 2.24. The van der Waals surface area contributed by atoms with Crippen molar-refractivity contribution in [3.8, 4) is 0 Å². The van der Waals surface area contributed by atoms with Crippen LogP contribution >= 0.6 is 0 Å². The second kappa shape index (κ2) is 6.35. The molecule has 1 atom stereocenters. The number of nitrogens with two attached hydrogens (primary N) is 1. The van der Waals surface area contributed by atoms with Gasteiger partial charge in [-0.2, -0.15) is 0 Å². The van der Waals surface area contributed by atoms with Gasteiger partial charge in [-0.25, -0.2) is 0 Å². The van der Waals surface area contributed by atoms with Crippen molar-refractivity contribution >= 4 is 0 Å². The van der Waals surface area contributed by atoms with Gasteiger partial charge in [0.2, 0.25) is 0 Å². The summed E-state index contributed by atoms with van der Waals surface area (Å²) in [4.78, 5) is 2.48. The van der Waals surface area contributed by atoms with Crippen LogP contribution in [-0.2, 0) is 4.74 Å². The Morgan fingerprint density at radius 3 is 2.92 bits per heavy atom. The quantitative estimate of drug-likeness (QED) is 0.702. The van der Waals surface area contributed by atoms with Crippen molar-refractivity contribution in [2.45, 2.75) is 19.8 Å². The minimum Gasteiger partial charge on any atom is -0.380 e. The van der Waals surface area contributed by atoms with Crippen molar-refractivity contribution in [2.24, 2.45) is 11.7 Å². The highest BCUT2D eigenvalue weighted by Crippen LogP contribution is 2.06. The number of hydrogen-bond donors (Lipinski definition) is 1. The summed E-state index contributed by atoms with van der Waals surface area (Å²) in [6, 6.07) is 0. The number of nitrogens with zero attached hydrogens (tertiary/aromatic N) is 1. The van der Waals surface area contributed by atoms with Crippen LogP contribution in [0.3, 0.4) is 0 Å². The molecule has 0 saturated carbocycles. The molecule has 1 rings (SSSR count). The minimum atomic E-state index is 0.665. The van der Waals surface area contributed by atoms with Crippen LogP contribution in [0.15, 0.2) is 0 Å². The lowest BCUT2D eigenvalue weighted by Gasteiger charge is -2.23. The normalized spacial score (nSPS) is 22.6. The Labute approximate surface area is 81.2 Å². The molecule has 1 unspecified atom stereocenters. The molecule has 78 valence electrons. The van der Waals surface area contributed by atoms with E-state index in [0.717, 1.165) is 32.8 Å². The van der Waals surface area contributed by atoms with Crippen LogP contribution in [0.4, 0.5) is 0 Å². The smallest absolute Gasteiger partial charge is 0.0593 e. The Morgan fingerprint density at radius 2 is 2.23 bits per heavy atom. The number of hydrogen-bond acceptors (Lipinski definition) is 3. The van der Waals surface area contributed by atoms with Crippen LogP contribution in [0.5, 0.6) is 0 Å². The summed E-state index contributed by atoms with van der Waals surface area (Å²) < 4.78 is 5.40. The van der Waals surface area contributed by atoms with Crippen molar-refractivity contribution < 1.29 is 4.74 Å². The number of rotatable bonds is 4. The monoisotopic (exact) mass is 186 g/mol. The molecule has 0 spiro atoms. The second-order valence-electron chi connectivity index (χ2n) is 3.78. The van der Waals surface area contributed by atoms with E-state index in [1.54, 1.807) is 0 Å². The maximum atomic E-state index is 5.68. The lowest BCUT2D eigenvalue weighted by Crippen LogP contribution is -2.34. The Bertz CT molecular complexity index is 118. The van der Waals surface area contributed by atoms with Gasteiger partial charge in [-0.1, -0.05) is 13.3 Å². The average molecular weight is 186 g/mol. The molecule has 3 heteroatoms. The Hall–Kier alpha value is -0.120. The van der Waals surface area contributed by atoms with Gasteiger partial charge in [0.05, 0.1) is 6.61 Å². The van der Waals surface area contributed by atoms with Gasteiger partial charge in [0.25, 0.3) is 0 Å². The predicted molar refractivity (Wildman–Crippen MR) is 54.7 cm³/mol. The summed E-state index contributed by atoms with van der Waals surface area (Å²) >= 11 is 0. The van der Waals surface area contributed by atoms with Crippen molar-refractivity contribution in [3.05, 3.63) is 0 Å². The van der Waals surface area contributed by atoms with Crippen LogP contribution < -0.4 is 5.73 Å². The van der Waals surface area contributed by atoms with Crippen LogP contribution in [-0.4, -0.2) is 44.3 Å². The summed E-state index contributed by atoms with van der Waals surface area (Å²) in [5.74, 6) is 0.665. The highest BCUT2D eigenvalue weighted by Gasteiger charge is 2.13. The molecule has 0 bridgehead atoms. The first-order valence-electron chi connectivity index (χ1n) is 5.37.